The summed E-state index contributed by atoms with van der Waals surface area (Å²) in [5.74, 6) is 0.894. The summed E-state index contributed by atoms with van der Waals surface area (Å²) in [6, 6.07) is 11.0. The Hall–Kier alpha value is -3.92. The first-order valence-electron chi connectivity index (χ1n) is 9.83. The number of ether oxygens (including phenoxy) is 3. The van der Waals surface area contributed by atoms with Crippen molar-refractivity contribution in [3.05, 3.63) is 64.9 Å². The molecule has 0 bridgehead atoms. The number of carbonyl (C=O) groups is 1. The number of nitrogens with zero attached hydrogens (tertiary/aromatic N) is 3. The van der Waals surface area contributed by atoms with Crippen LogP contribution in [0.2, 0.25) is 0 Å². The molecule has 0 radical (unpaired) electrons. The van der Waals surface area contributed by atoms with Crippen molar-refractivity contribution in [2.45, 2.75) is 6.92 Å². The summed E-state index contributed by atoms with van der Waals surface area (Å²) in [5.41, 5.74) is 2.49. The summed E-state index contributed by atoms with van der Waals surface area (Å²) in [6.07, 6.45) is 0. The molecule has 0 aliphatic carbocycles. The molecule has 0 saturated heterocycles. The second kappa shape index (κ2) is 9.29. The molecule has 0 unspecified atom stereocenters. The summed E-state index contributed by atoms with van der Waals surface area (Å²) in [4.78, 5) is 17.6. The second-order valence-electron chi connectivity index (χ2n) is 6.97. The topological polar surface area (TPSA) is 87.5 Å². The molecular weight excluding hydrogens is 447 g/mol. The number of thiazole rings is 1. The maximum Gasteiger partial charge on any atom is 0.257 e. The van der Waals surface area contributed by atoms with Gasteiger partial charge in [-0.25, -0.2) is 9.37 Å². The Kier molecular flexibility index (Phi) is 6.27. The van der Waals surface area contributed by atoms with Crippen molar-refractivity contribution < 1.29 is 23.4 Å². The summed E-state index contributed by atoms with van der Waals surface area (Å²) >= 11 is 1.36. The number of nitrogens with one attached hydrogen (secondary N) is 1. The molecule has 0 aliphatic heterocycles. The third-order valence-corrected chi connectivity index (χ3v) is 5.63. The fourth-order valence-corrected chi connectivity index (χ4v) is 4.05. The Bertz CT molecular complexity index is 1280. The average Bonchev–Trinajstić information content (AvgIpc) is 3.45. The van der Waals surface area contributed by atoms with Gasteiger partial charge in [-0.3, -0.25) is 4.79 Å². The van der Waals surface area contributed by atoms with Gasteiger partial charge in [0.25, 0.3) is 5.91 Å². The highest BCUT2D eigenvalue weighted by Crippen LogP contribution is 2.38. The van der Waals surface area contributed by atoms with Gasteiger partial charge in [-0.15, -0.1) is 11.3 Å². The first-order valence-corrected chi connectivity index (χ1v) is 10.7. The first-order chi connectivity index (χ1) is 15.9. The van der Waals surface area contributed by atoms with Crippen LogP contribution in [0.1, 0.15) is 16.1 Å². The van der Waals surface area contributed by atoms with Gasteiger partial charge in [0.1, 0.15) is 11.6 Å². The molecule has 2 heterocycles. The number of rotatable bonds is 7. The monoisotopic (exact) mass is 468 g/mol. The van der Waals surface area contributed by atoms with E-state index in [0.717, 1.165) is 5.56 Å². The third kappa shape index (κ3) is 4.51. The van der Waals surface area contributed by atoms with Gasteiger partial charge >= 0.3 is 0 Å². The lowest BCUT2D eigenvalue weighted by Crippen LogP contribution is -2.15. The highest BCUT2D eigenvalue weighted by atomic mass is 32.1. The smallest absolute Gasteiger partial charge is 0.257 e. The van der Waals surface area contributed by atoms with E-state index in [1.54, 1.807) is 35.0 Å². The molecule has 8 nitrogen and oxygen atoms in total. The van der Waals surface area contributed by atoms with Gasteiger partial charge in [-0.1, -0.05) is 0 Å². The minimum absolute atomic E-state index is 0.311. The number of aromatic nitrogens is 3. The van der Waals surface area contributed by atoms with E-state index in [9.17, 15) is 9.18 Å². The molecule has 2 aromatic carbocycles. The maximum atomic E-state index is 13.2. The summed E-state index contributed by atoms with van der Waals surface area (Å²) in [5, 5.41) is 9.74. The molecule has 0 fully saturated rings. The van der Waals surface area contributed by atoms with Gasteiger partial charge in [-0.2, -0.15) is 9.78 Å². The van der Waals surface area contributed by atoms with Crippen molar-refractivity contribution in [3.63, 3.8) is 0 Å². The number of carbonyl (C=O) groups excluding carboxylic acids is 1. The molecule has 0 spiro atoms. The summed E-state index contributed by atoms with van der Waals surface area (Å²) < 4.78 is 30.8. The molecule has 1 amide bonds. The van der Waals surface area contributed by atoms with Crippen LogP contribution in [0, 0.1) is 12.7 Å². The van der Waals surface area contributed by atoms with Crippen LogP contribution in [-0.4, -0.2) is 42.0 Å². The lowest BCUT2D eigenvalue weighted by molar-refractivity contribution is 0.102. The number of amides is 1. The van der Waals surface area contributed by atoms with Gasteiger partial charge in [-0.05, 0) is 43.3 Å². The Morgan fingerprint density at radius 1 is 1.03 bits per heavy atom. The van der Waals surface area contributed by atoms with E-state index in [2.05, 4.69) is 15.4 Å². The molecule has 0 atom stereocenters. The van der Waals surface area contributed by atoms with Crippen LogP contribution in [0.5, 0.6) is 17.2 Å². The number of hydrogen-bond donors (Lipinski definition) is 1. The van der Waals surface area contributed by atoms with Crippen molar-refractivity contribution in [1.29, 1.82) is 0 Å². The molecule has 170 valence electrons. The number of methoxy groups -OCH3 is 3. The minimum atomic E-state index is -0.384. The lowest BCUT2D eigenvalue weighted by Gasteiger charge is -2.14. The van der Waals surface area contributed by atoms with Crippen molar-refractivity contribution in [2.24, 2.45) is 0 Å². The van der Waals surface area contributed by atoms with Crippen LogP contribution in [0.15, 0.2) is 47.8 Å². The van der Waals surface area contributed by atoms with Crippen LogP contribution >= 0.6 is 11.3 Å². The van der Waals surface area contributed by atoms with Gasteiger partial charge in [0.2, 0.25) is 10.9 Å². The molecule has 1 N–H and O–H groups in total. The molecule has 4 aromatic rings. The van der Waals surface area contributed by atoms with Crippen LogP contribution in [-0.2, 0) is 0 Å². The quantitative estimate of drug-likeness (QED) is 0.422. The molecule has 0 saturated carbocycles. The van der Waals surface area contributed by atoms with E-state index in [0.29, 0.717) is 45.1 Å². The first kappa shape index (κ1) is 22.3. The normalized spacial score (nSPS) is 10.7. The highest BCUT2D eigenvalue weighted by molar-refractivity contribution is 7.12. The fourth-order valence-electron chi connectivity index (χ4n) is 3.25. The number of aryl methyl sites for hydroxylation is 1. The average molecular weight is 469 g/mol. The van der Waals surface area contributed by atoms with E-state index in [1.165, 1.54) is 44.8 Å². The molecule has 2 aromatic heterocycles. The zero-order valence-electron chi connectivity index (χ0n) is 18.4. The van der Waals surface area contributed by atoms with Gasteiger partial charge in [0.15, 0.2) is 11.5 Å². The minimum Gasteiger partial charge on any atom is -0.493 e. The van der Waals surface area contributed by atoms with Crippen LogP contribution < -0.4 is 19.5 Å². The van der Waals surface area contributed by atoms with Crippen molar-refractivity contribution >= 4 is 23.1 Å². The molecule has 10 heteroatoms. The molecule has 33 heavy (non-hydrogen) atoms. The van der Waals surface area contributed by atoms with E-state index < -0.39 is 0 Å². The van der Waals surface area contributed by atoms with E-state index in [4.69, 9.17) is 14.2 Å². The lowest BCUT2D eigenvalue weighted by atomic mass is 10.1. The Labute approximate surface area is 193 Å². The summed E-state index contributed by atoms with van der Waals surface area (Å²) in [7, 11) is 4.47. The van der Waals surface area contributed by atoms with Crippen LogP contribution in [0.25, 0.3) is 16.4 Å². The predicted octanol–water partition coefficient (Wildman–Crippen LogP) is 4.72. The molecule has 4 rings (SSSR count). The van der Waals surface area contributed by atoms with E-state index in [1.807, 2.05) is 12.3 Å². The largest absolute Gasteiger partial charge is 0.493 e. The third-order valence-electron chi connectivity index (χ3n) is 4.81. The number of halogens is 1. The SMILES string of the molecule is COc1cc(C(=O)Nc2cc(C)nn2-c2nc(-c3ccc(F)cc3)cs2)cc(OC)c1OC. The zero-order valence-corrected chi connectivity index (χ0v) is 19.2. The van der Waals surface area contributed by atoms with Gasteiger partial charge in [0.05, 0.1) is 32.7 Å². The highest BCUT2D eigenvalue weighted by Gasteiger charge is 2.19. The zero-order chi connectivity index (χ0) is 23.5. The van der Waals surface area contributed by atoms with Crippen LogP contribution in [0.3, 0.4) is 0 Å². The number of benzene rings is 2. The van der Waals surface area contributed by atoms with E-state index >= 15 is 0 Å². The number of anilines is 1. The van der Waals surface area contributed by atoms with E-state index in [-0.39, 0.29) is 11.7 Å². The predicted molar refractivity (Wildman–Crippen MR) is 123 cm³/mol. The Balaban J connectivity index is 1.64. The molecule has 0 aliphatic rings. The van der Waals surface area contributed by atoms with Gasteiger partial charge in [0, 0.05) is 22.6 Å². The fraction of sp³-hybridized carbons (Fsp3) is 0.174. The standard InChI is InChI=1S/C23H21FN4O4S/c1-13-9-20(26-22(29)15-10-18(30-2)21(32-4)19(11-15)31-3)28(27-13)23-25-17(12-33-23)14-5-7-16(24)8-6-14/h5-12H,1-4H3,(H,26,29). The maximum absolute atomic E-state index is 13.2. The number of hydrogen-bond acceptors (Lipinski definition) is 7. The van der Waals surface area contributed by atoms with Gasteiger partial charge < -0.3 is 19.5 Å². The summed E-state index contributed by atoms with van der Waals surface area (Å²) in [6.45, 7) is 1.82. The van der Waals surface area contributed by atoms with Crippen molar-refractivity contribution in [1.82, 2.24) is 14.8 Å². The van der Waals surface area contributed by atoms with Crippen molar-refractivity contribution in [3.8, 4) is 33.6 Å². The Morgan fingerprint density at radius 3 is 2.30 bits per heavy atom. The van der Waals surface area contributed by atoms with Crippen LogP contribution in [0.4, 0.5) is 10.2 Å². The second-order valence-corrected chi connectivity index (χ2v) is 7.81. The van der Waals surface area contributed by atoms with Crippen molar-refractivity contribution in [2.75, 3.05) is 26.6 Å². The molecular formula is C23H21FN4O4S. The Morgan fingerprint density at radius 2 is 1.70 bits per heavy atom.